The first kappa shape index (κ1) is 16.3. The second kappa shape index (κ2) is 6.49. The molecule has 24 heavy (non-hydrogen) atoms. The van der Waals surface area contributed by atoms with Crippen molar-refractivity contribution in [2.45, 2.75) is 20.0 Å². The molecule has 3 rings (SSSR count). The molecule has 0 bridgehead atoms. The van der Waals surface area contributed by atoms with Gasteiger partial charge in [-0.25, -0.2) is 0 Å². The lowest BCUT2D eigenvalue weighted by Gasteiger charge is -2.11. The summed E-state index contributed by atoms with van der Waals surface area (Å²) in [4.78, 5) is 25.9. The van der Waals surface area contributed by atoms with Crippen molar-refractivity contribution in [1.29, 1.82) is 0 Å². The Bertz CT molecular complexity index is 845. The third kappa shape index (κ3) is 3.19. The zero-order chi connectivity index (χ0) is 17.3. The minimum Gasteiger partial charge on any atom is -0.331 e. The van der Waals surface area contributed by atoms with Gasteiger partial charge in [0.1, 0.15) is 0 Å². The summed E-state index contributed by atoms with van der Waals surface area (Å²) in [6.07, 6.45) is 1.30. The number of carbonyl (C=O) groups is 2. The maximum atomic E-state index is 12.5. The minimum atomic E-state index is -0.225. The molecule has 2 aromatic rings. The summed E-state index contributed by atoms with van der Waals surface area (Å²) in [5.74, 6) is -0.333. The first-order chi connectivity index (χ1) is 11.5. The summed E-state index contributed by atoms with van der Waals surface area (Å²) in [5.41, 5.74) is 4.18. The van der Waals surface area contributed by atoms with Crippen LogP contribution in [-0.4, -0.2) is 16.7 Å². The maximum absolute atomic E-state index is 12.5. The number of nitrogens with zero attached hydrogens (tertiary/aromatic N) is 1. The molecule has 1 N–H and O–H groups in total. The van der Waals surface area contributed by atoms with Crippen LogP contribution in [0, 0.1) is 6.92 Å². The Morgan fingerprint density at radius 3 is 2.62 bits per heavy atom. The van der Waals surface area contributed by atoms with Crippen LogP contribution < -0.4 is 5.32 Å². The zero-order valence-electron chi connectivity index (χ0n) is 13.3. The van der Waals surface area contributed by atoms with E-state index in [2.05, 4.69) is 11.9 Å². The molecule has 122 valence electrons. The number of rotatable bonds is 3. The Hall–Kier alpha value is -2.59. The van der Waals surface area contributed by atoms with Gasteiger partial charge in [0, 0.05) is 18.7 Å². The first-order valence-electron chi connectivity index (χ1n) is 7.58. The molecule has 0 aliphatic carbocycles. The van der Waals surface area contributed by atoms with Gasteiger partial charge in [0.05, 0.1) is 10.7 Å². The van der Waals surface area contributed by atoms with Crippen molar-refractivity contribution in [3.63, 3.8) is 0 Å². The van der Waals surface area contributed by atoms with E-state index in [1.54, 1.807) is 23.1 Å². The predicted octanol–water partition coefficient (Wildman–Crippen LogP) is 3.93. The largest absolute Gasteiger partial charge is 0.331 e. The highest BCUT2D eigenvalue weighted by molar-refractivity contribution is 6.34. The van der Waals surface area contributed by atoms with Gasteiger partial charge in [0.2, 0.25) is 5.91 Å². The maximum Gasteiger partial charge on any atom is 0.255 e. The van der Waals surface area contributed by atoms with Gasteiger partial charge in [0.15, 0.2) is 0 Å². The fraction of sp³-hybridized carbons (Fsp3) is 0.158. The summed E-state index contributed by atoms with van der Waals surface area (Å²) >= 11 is 6.16. The molecule has 0 aromatic heterocycles. The zero-order valence-corrected chi connectivity index (χ0v) is 14.1. The SMILES string of the molecule is C=CC(=O)N1Cc2ccc(C(=O)Nc3ccc(C)cc3Cl)cc2C1. The molecule has 1 heterocycles. The van der Waals surface area contributed by atoms with Crippen molar-refractivity contribution in [2.24, 2.45) is 0 Å². The van der Waals surface area contributed by atoms with Crippen LogP contribution in [-0.2, 0) is 17.9 Å². The number of benzene rings is 2. The number of hydrogen-bond donors (Lipinski definition) is 1. The third-order valence-corrected chi connectivity index (χ3v) is 4.36. The lowest BCUT2D eigenvalue weighted by atomic mass is 10.1. The predicted molar refractivity (Wildman–Crippen MR) is 95.0 cm³/mol. The molecular weight excluding hydrogens is 324 g/mol. The van der Waals surface area contributed by atoms with Gasteiger partial charge in [-0.3, -0.25) is 9.59 Å². The van der Waals surface area contributed by atoms with Gasteiger partial charge in [-0.2, -0.15) is 0 Å². The Morgan fingerprint density at radius 2 is 1.92 bits per heavy atom. The smallest absolute Gasteiger partial charge is 0.255 e. The van der Waals surface area contributed by atoms with E-state index in [1.807, 2.05) is 25.1 Å². The van der Waals surface area contributed by atoms with Crippen LogP contribution in [0.5, 0.6) is 0 Å². The van der Waals surface area contributed by atoms with E-state index in [-0.39, 0.29) is 11.8 Å². The highest BCUT2D eigenvalue weighted by Gasteiger charge is 2.22. The number of aryl methyl sites for hydroxylation is 1. The quantitative estimate of drug-likeness (QED) is 0.861. The molecule has 2 aromatic carbocycles. The summed E-state index contributed by atoms with van der Waals surface area (Å²) in [6.45, 7) is 6.49. The molecule has 0 fully saturated rings. The topological polar surface area (TPSA) is 49.4 Å². The van der Waals surface area contributed by atoms with Gasteiger partial charge in [-0.15, -0.1) is 0 Å². The third-order valence-electron chi connectivity index (χ3n) is 4.05. The molecule has 0 spiro atoms. The number of carbonyl (C=O) groups excluding carboxylic acids is 2. The van der Waals surface area contributed by atoms with Crippen molar-refractivity contribution < 1.29 is 9.59 Å². The molecule has 1 aliphatic heterocycles. The van der Waals surface area contributed by atoms with Crippen molar-refractivity contribution in [3.8, 4) is 0 Å². The van der Waals surface area contributed by atoms with Crippen molar-refractivity contribution in [2.75, 3.05) is 5.32 Å². The molecule has 4 nitrogen and oxygen atoms in total. The molecule has 0 unspecified atom stereocenters. The highest BCUT2D eigenvalue weighted by atomic mass is 35.5. The number of halogens is 1. The molecular formula is C19H17ClN2O2. The average Bonchev–Trinajstić information content (AvgIpc) is 2.99. The summed E-state index contributed by atoms with van der Waals surface area (Å²) < 4.78 is 0. The van der Waals surface area contributed by atoms with Gasteiger partial charge in [0.25, 0.3) is 5.91 Å². The van der Waals surface area contributed by atoms with E-state index in [9.17, 15) is 9.59 Å². The Morgan fingerprint density at radius 1 is 1.17 bits per heavy atom. The van der Waals surface area contributed by atoms with Gasteiger partial charge in [-0.05, 0) is 54.0 Å². The number of hydrogen-bond acceptors (Lipinski definition) is 2. The fourth-order valence-electron chi connectivity index (χ4n) is 2.74. The van der Waals surface area contributed by atoms with Crippen molar-refractivity contribution in [1.82, 2.24) is 4.90 Å². The molecule has 1 aliphatic rings. The molecule has 0 saturated carbocycles. The second-order valence-electron chi connectivity index (χ2n) is 5.82. The number of fused-ring (bicyclic) bond motifs is 1. The van der Waals surface area contributed by atoms with E-state index in [4.69, 9.17) is 11.6 Å². The van der Waals surface area contributed by atoms with Crippen LogP contribution in [0.2, 0.25) is 5.02 Å². The van der Waals surface area contributed by atoms with Crippen LogP contribution in [0.3, 0.4) is 0 Å². The van der Waals surface area contributed by atoms with Crippen LogP contribution in [0.4, 0.5) is 5.69 Å². The number of anilines is 1. The molecule has 0 saturated heterocycles. The van der Waals surface area contributed by atoms with E-state index in [1.165, 1.54) is 6.08 Å². The van der Waals surface area contributed by atoms with E-state index < -0.39 is 0 Å². The lowest BCUT2D eigenvalue weighted by Crippen LogP contribution is -2.22. The highest BCUT2D eigenvalue weighted by Crippen LogP contribution is 2.26. The number of amides is 2. The van der Waals surface area contributed by atoms with Gasteiger partial charge in [-0.1, -0.05) is 30.3 Å². The van der Waals surface area contributed by atoms with Crippen molar-refractivity contribution in [3.05, 3.63) is 76.3 Å². The van der Waals surface area contributed by atoms with Crippen LogP contribution in [0.15, 0.2) is 49.1 Å². The lowest BCUT2D eigenvalue weighted by molar-refractivity contribution is -0.126. The van der Waals surface area contributed by atoms with Crippen LogP contribution in [0.1, 0.15) is 27.0 Å². The Labute approximate surface area is 145 Å². The standard InChI is InChI=1S/C19H17ClN2O2/c1-3-18(23)22-10-14-6-5-13(9-15(14)11-22)19(24)21-17-7-4-12(2)8-16(17)20/h3-9H,1,10-11H2,2H3,(H,21,24). The Kier molecular flexibility index (Phi) is 4.40. The summed E-state index contributed by atoms with van der Waals surface area (Å²) in [7, 11) is 0. The average molecular weight is 341 g/mol. The Balaban J connectivity index is 1.78. The summed E-state index contributed by atoms with van der Waals surface area (Å²) in [6, 6.07) is 11.0. The first-order valence-corrected chi connectivity index (χ1v) is 7.96. The second-order valence-corrected chi connectivity index (χ2v) is 6.23. The molecule has 0 radical (unpaired) electrons. The molecule has 2 amide bonds. The van der Waals surface area contributed by atoms with E-state index in [0.29, 0.717) is 29.4 Å². The summed E-state index contributed by atoms with van der Waals surface area (Å²) in [5, 5.41) is 3.33. The van der Waals surface area contributed by atoms with E-state index >= 15 is 0 Å². The van der Waals surface area contributed by atoms with Gasteiger partial charge >= 0.3 is 0 Å². The van der Waals surface area contributed by atoms with Crippen molar-refractivity contribution >= 4 is 29.1 Å². The monoisotopic (exact) mass is 340 g/mol. The van der Waals surface area contributed by atoms with Crippen LogP contribution in [0.25, 0.3) is 0 Å². The fourth-order valence-corrected chi connectivity index (χ4v) is 3.02. The molecule has 0 atom stereocenters. The minimum absolute atomic E-state index is 0.108. The van der Waals surface area contributed by atoms with Gasteiger partial charge < -0.3 is 10.2 Å². The number of nitrogens with one attached hydrogen (secondary N) is 1. The van der Waals surface area contributed by atoms with Crippen LogP contribution >= 0.6 is 11.6 Å². The normalized spacial score (nSPS) is 12.7. The van der Waals surface area contributed by atoms with E-state index in [0.717, 1.165) is 16.7 Å². The molecule has 5 heteroatoms.